The first-order chi connectivity index (χ1) is 4.34. The van der Waals surface area contributed by atoms with Gasteiger partial charge in [0.2, 0.25) is 0 Å². The first kappa shape index (κ1) is 7.31. The van der Waals surface area contributed by atoms with Crippen molar-refractivity contribution >= 4 is 32.0 Å². The van der Waals surface area contributed by atoms with Crippen molar-refractivity contribution < 1.29 is 4.79 Å². The number of carbonyl (C=O) groups is 1. The normalized spacial score (nSPS) is 29.2. The van der Waals surface area contributed by atoms with Crippen LogP contribution in [0.4, 0.5) is 0 Å². The van der Waals surface area contributed by atoms with Crippen molar-refractivity contribution in [2.75, 3.05) is 5.75 Å². The van der Waals surface area contributed by atoms with Crippen molar-refractivity contribution in [1.82, 2.24) is 0 Å². The van der Waals surface area contributed by atoms with Gasteiger partial charge >= 0.3 is 0 Å². The number of aldehydes is 1. The highest BCUT2D eigenvalue weighted by atomic mass is 33.1. The lowest BCUT2D eigenvalue weighted by molar-refractivity contribution is -0.107. The fraction of sp³-hybridized carbons (Fsp3) is 0.600. The summed E-state index contributed by atoms with van der Waals surface area (Å²) in [5.74, 6) is 1.13. The molecule has 1 aliphatic heterocycles. The van der Waals surface area contributed by atoms with Gasteiger partial charge in [0.1, 0.15) is 11.7 Å². The second-order valence-corrected chi connectivity index (χ2v) is 5.75. The van der Waals surface area contributed by atoms with Gasteiger partial charge in [-0.05, 0) is 11.8 Å². The second kappa shape index (κ2) is 3.39. The van der Waals surface area contributed by atoms with Crippen LogP contribution in [0.15, 0.2) is 0 Å². The maximum absolute atomic E-state index is 10.1. The molecule has 0 aromatic heterocycles. The minimum absolute atomic E-state index is 0.0293. The van der Waals surface area contributed by atoms with Crippen molar-refractivity contribution in [3.63, 3.8) is 0 Å². The van der Waals surface area contributed by atoms with Crippen LogP contribution in [0.3, 0.4) is 0 Å². The van der Waals surface area contributed by atoms with Crippen molar-refractivity contribution in [3.05, 3.63) is 0 Å². The summed E-state index contributed by atoms with van der Waals surface area (Å²) >= 11 is 0. The van der Waals surface area contributed by atoms with E-state index in [-0.39, 0.29) is 14.9 Å². The van der Waals surface area contributed by atoms with Gasteiger partial charge in [-0.15, -0.1) is 9.52 Å². The Hall–Kier alpha value is 0.200. The summed E-state index contributed by atoms with van der Waals surface area (Å²) in [4.78, 5) is 10.1. The molecule has 1 heterocycles. The number of nitrogens with two attached hydrogens (primary N) is 1. The predicted molar refractivity (Wildman–Crippen MR) is 44.8 cm³/mol. The molecule has 2 N–H and O–H groups in total. The minimum atomic E-state index is -0.252. The number of rotatable bonds is 2. The number of carbonyl (C=O) groups excluding carboxylic acids is 1. The summed E-state index contributed by atoms with van der Waals surface area (Å²) in [6.45, 7) is 0. The van der Waals surface area contributed by atoms with Crippen LogP contribution in [0, 0.1) is 0 Å². The molecule has 1 aliphatic rings. The molecule has 0 amide bonds. The lowest BCUT2D eigenvalue weighted by Crippen LogP contribution is -2.16. The molecule has 2 atom stereocenters. The molecule has 0 aliphatic carbocycles. The highest BCUT2D eigenvalue weighted by Gasteiger charge is 2.09. The molecule has 0 aromatic rings. The van der Waals surface area contributed by atoms with Crippen LogP contribution < -0.4 is 5.73 Å². The van der Waals surface area contributed by atoms with Crippen LogP contribution in [-0.4, -0.2) is 22.8 Å². The molecule has 9 heavy (non-hydrogen) atoms. The zero-order chi connectivity index (χ0) is 6.69. The Morgan fingerprint density at radius 2 is 2.67 bits per heavy atom. The third kappa shape index (κ3) is 1.81. The Bertz CT molecular complexity index is 146. The summed E-state index contributed by atoms with van der Waals surface area (Å²) in [5.41, 5.74) is 5.47. The van der Waals surface area contributed by atoms with Gasteiger partial charge in [0.05, 0.1) is 0 Å². The van der Waals surface area contributed by atoms with Gasteiger partial charge in [-0.25, -0.2) is 0 Å². The van der Waals surface area contributed by atoms with E-state index in [0.717, 1.165) is 18.5 Å². The van der Waals surface area contributed by atoms with Crippen LogP contribution in [0.1, 0.15) is 6.42 Å². The summed E-state index contributed by atoms with van der Waals surface area (Å²) in [5, 5.41) is 1.89. The van der Waals surface area contributed by atoms with Crippen LogP contribution in [-0.2, 0) is 4.79 Å². The molecule has 4 heteroatoms. The number of hydrogen-bond acceptors (Lipinski definition) is 3. The van der Waals surface area contributed by atoms with Crippen LogP contribution in [0.5, 0.6) is 0 Å². The average Bonchev–Trinajstić information content (AvgIpc) is 2.37. The smallest absolute Gasteiger partial charge is 0.147 e. The molecule has 0 saturated heterocycles. The molecule has 0 spiro atoms. The van der Waals surface area contributed by atoms with Crippen molar-refractivity contribution in [2.45, 2.75) is 11.8 Å². The highest BCUT2D eigenvalue weighted by Crippen LogP contribution is 2.37. The SMILES string of the molecule is N[C@H](C=O)[S@@]1=CCCS1. The van der Waals surface area contributed by atoms with E-state index in [2.05, 4.69) is 5.37 Å². The van der Waals surface area contributed by atoms with E-state index in [4.69, 9.17) is 5.73 Å². The van der Waals surface area contributed by atoms with Gasteiger partial charge in [0.25, 0.3) is 0 Å². The van der Waals surface area contributed by atoms with Gasteiger partial charge in [0, 0.05) is 5.75 Å². The van der Waals surface area contributed by atoms with Gasteiger partial charge in [0.15, 0.2) is 0 Å². The largest absolute Gasteiger partial charge is 0.313 e. The molecule has 0 unspecified atom stereocenters. The molecule has 0 fully saturated rings. The van der Waals surface area contributed by atoms with E-state index in [9.17, 15) is 4.79 Å². The fourth-order valence-corrected chi connectivity index (χ4v) is 4.14. The molecule has 2 nitrogen and oxygen atoms in total. The molecule has 0 saturated carbocycles. The van der Waals surface area contributed by atoms with E-state index in [0.29, 0.717) is 0 Å². The minimum Gasteiger partial charge on any atom is -0.313 e. The standard InChI is InChI=1S/C5H9NOS2/c6-5(4-7)9-3-1-2-8-9/h3-5H,1-2,6H2/t5-,9-/m0/s1. The van der Waals surface area contributed by atoms with E-state index in [1.807, 2.05) is 0 Å². The average molecular weight is 163 g/mol. The van der Waals surface area contributed by atoms with E-state index in [1.54, 1.807) is 10.8 Å². The maximum atomic E-state index is 10.1. The summed E-state index contributed by atoms with van der Waals surface area (Å²) in [6.07, 6.45) is 1.94. The van der Waals surface area contributed by atoms with E-state index >= 15 is 0 Å². The first-order valence-corrected chi connectivity index (χ1v) is 5.59. The fourth-order valence-electron chi connectivity index (χ4n) is 0.601. The Morgan fingerprint density at radius 1 is 1.89 bits per heavy atom. The Labute approximate surface area is 60.5 Å². The predicted octanol–water partition coefficient (Wildman–Crippen LogP) is 0.593. The molecule has 0 aromatic carbocycles. The molecular weight excluding hydrogens is 154 g/mol. The summed E-state index contributed by atoms with van der Waals surface area (Å²) in [7, 11) is 1.82. The highest BCUT2D eigenvalue weighted by molar-refractivity contribution is 8.84. The van der Waals surface area contributed by atoms with Crippen LogP contribution >= 0.6 is 20.3 Å². The topological polar surface area (TPSA) is 43.1 Å². The monoisotopic (exact) mass is 163 g/mol. The third-order valence-corrected chi connectivity index (χ3v) is 5.30. The van der Waals surface area contributed by atoms with Crippen molar-refractivity contribution in [2.24, 2.45) is 5.73 Å². The zero-order valence-corrected chi connectivity index (χ0v) is 6.58. The molecule has 52 valence electrons. The van der Waals surface area contributed by atoms with Crippen molar-refractivity contribution in [3.8, 4) is 0 Å². The summed E-state index contributed by atoms with van der Waals surface area (Å²) < 4.78 is 0. The molecule has 0 bridgehead atoms. The second-order valence-electron chi connectivity index (χ2n) is 1.71. The van der Waals surface area contributed by atoms with E-state index < -0.39 is 0 Å². The maximum Gasteiger partial charge on any atom is 0.147 e. The van der Waals surface area contributed by atoms with Gasteiger partial charge in [-0.2, -0.15) is 0 Å². The molecule has 0 radical (unpaired) electrons. The Kier molecular flexibility index (Phi) is 2.75. The third-order valence-electron chi connectivity index (χ3n) is 1.02. The quantitative estimate of drug-likeness (QED) is 0.368. The van der Waals surface area contributed by atoms with Crippen molar-refractivity contribution in [1.29, 1.82) is 0 Å². The van der Waals surface area contributed by atoms with Gasteiger partial charge in [-0.1, -0.05) is 10.8 Å². The number of hydrogen-bond donors (Lipinski definition) is 1. The lowest BCUT2D eigenvalue weighted by Gasteiger charge is -2.03. The summed E-state index contributed by atoms with van der Waals surface area (Å²) in [6, 6.07) is 0. The Balaban J connectivity index is 2.50. The van der Waals surface area contributed by atoms with Gasteiger partial charge < -0.3 is 10.5 Å². The molecule has 1 rings (SSSR count). The Morgan fingerprint density at radius 3 is 3.11 bits per heavy atom. The lowest BCUT2D eigenvalue weighted by atomic mass is 10.6. The van der Waals surface area contributed by atoms with Crippen LogP contribution in [0.2, 0.25) is 0 Å². The van der Waals surface area contributed by atoms with Crippen LogP contribution in [0.25, 0.3) is 0 Å². The zero-order valence-electron chi connectivity index (χ0n) is 4.95. The van der Waals surface area contributed by atoms with Gasteiger partial charge in [-0.3, -0.25) is 0 Å². The first-order valence-electron chi connectivity index (χ1n) is 2.74. The van der Waals surface area contributed by atoms with E-state index in [1.165, 1.54) is 0 Å². The molecular formula is C5H9NOS2.